The smallest absolute Gasteiger partial charge is 0.348 e. The van der Waals surface area contributed by atoms with Gasteiger partial charge in [0.25, 0.3) is 5.91 Å². The van der Waals surface area contributed by atoms with Gasteiger partial charge in [0.1, 0.15) is 22.9 Å². The van der Waals surface area contributed by atoms with Crippen molar-refractivity contribution < 1.29 is 62.3 Å². The summed E-state index contributed by atoms with van der Waals surface area (Å²) < 4.78 is 12.1. The Labute approximate surface area is 654 Å². The first-order valence-corrected chi connectivity index (χ1v) is 35.0. The summed E-state index contributed by atoms with van der Waals surface area (Å²) >= 11 is 6.87. The number of nitrogens with zero attached hydrogens (tertiary/aromatic N) is 19. The highest BCUT2D eigenvalue weighted by atomic mass is 79.9. The quantitative estimate of drug-likeness (QED) is 0.147. The number of halogens is 1. The van der Waals surface area contributed by atoms with Crippen LogP contribution in [0.15, 0.2) is 131 Å². The fourth-order valence-electron chi connectivity index (χ4n) is 9.15. The van der Waals surface area contributed by atoms with E-state index in [1.54, 1.807) is 64.0 Å². The third kappa shape index (κ3) is 37.1. The van der Waals surface area contributed by atoms with Crippen LogP contribution in [0.1, 0.15) is 106 Å². The maximum Gasteiger partial charge on any atom is 0.373 e. The second-order valence-electron chi connectivity index (χ2n) is 22.7. The first-order valence-electron chi connectivity index (χ1n) is 32.5. The van der Waals surface area contributed by atoms with Gasteiger partial charge in [-0.25, -0.2) is 34.9 Å². The van der Waals surface area contributed by atoms with E-state index < -0.39 is 0 Å². The number of carbonyl (C=O) groups is 1. The maximum atomic E-state index is 11.1. The minimum Gasteiger partial charge on any atom is -0.348 e. The van der Waals surface area contributed by atoms with Gasteiger partial charge in [-0.2, -0.15) is 77.9 Å². The molecule has 3 aliphatic heterocycles. The minimum atomic E-state index is -0.189. The molecule has 32 nitrogen and oxygen atoms in total. The Morgan fingerprint density at radius 3 is 1.29 bits per heavy atom. The summed E-state index contributed by atoms with van der Waals surface area (Å²) in [5.74, 6) is 1.61. The fourth-order valence-corrected chi connectivity index (χ4v) is 10.9. The predicted octanol–water partition coefficient (Wildman–Crippen LogP) is 10.4. The number of carbonyl (C=O) groups excluding carboxylic acids is 13. The van der Waals surface area contributed by atoms with Crippen LogP contribution in [0.5, 0.6) is 0 Å². The van der Waals surface area contributed by atoms with Crippen LogP contribution in [0, 0.1) is 83.1 Å². The van der Waals surface area contributed by atoms with Crippen LogP contribution in [0.25, 0.3) is 11.2 Å². The molecule has 2 aromatic carbocycles. The average Bonchev–Trinajstić information content (AvgIpc) is 1.65. The van der Waals surface area contributed by atoms with Crippen molar-refractivity contribution in [3.63, 3.8) is 0 Å². The summed E-state index contributed by atoms with van der Waals surface area (Å²) in [6.07, 6.45) is 12.0. The lowest BCUT2D eigenvalue weighted by atomic mass is 10.2. The molecule has 0 atom stereocenters. The van der Waals surface area contributed by atoms with E-state index in [2.05, 4.69) is 195 Å². The summed E-state index contributed by atoms with van der Waals surface area (Å²) in [6, 6.07) is 24.9. The van der Waals surface area contributed by atoms with E-state index in [9.17, 15) is 4.79 Å². The molecule has 0 N–H and O–H groups in total. The van der Waals surface area contributed by atoms with Crippen molar-refractivity contribution in [3.05, 3.63) is 221 Å². The van der Waals surface area contributed by atoms with E-state index in [1.165, 1.54) is 72.3 Å². The number of allylic oxidation sites excluding steroid dienone is 2. The number of aromatic nitrogens is 16. The summed E-state index contributed by atoms with van der Waals surface area (Å²) in [7, 11) is 15.6. The highest BCUT2D eigenvalue weighted by Crippen LogP contribution is 2.32. The van der Waals surface area contributed by atoms with Crippen LogP contribution in [0.2, 0.25) is 0 Å². The van der Waals surface area contributed by atoms with E-state index in [0.717, 1.165) is 74.3 Å². The van der Waals surface area contributed by atoms with Crippen molar-refractivity contribution in [2.24, 2.45) is 47.3 Å². The van der Waals surface area contributed by atoms with Crippen molar-refractivity contribution in [1.82, 2.24) is 78.2 Å². The van der Waals surface area contributed by atoms with Crippen LogP contribution in [-0.2, 0) is 126 Å². The Hall–Kier alpha value is -12.5. The Morgan fingerprint density at radius 2 is 1.01 bits per heavy atom. The summed E-state index contributed by atoms with van der Waals surface area (Å²) in [5.41, 5.74) is 20.3. The Kier molecular flexibility index (Phi) is 49.7. The molecule has 0 saturated heterocycles. The number of likely N-dealkylation sites (N-methyl/N-ethyl adjacent to an activating group) is 2. The number of thiazole rings is 2. The van der Waals surface area contributed by atoms with Gasteiger partial charge >= 0.3 is 36.9 Å². The standard InChI is InChI=1S/2C10H11N.C7H7N3O.C7H7N3.C7H12N2.C6H9BrN2.C6H10N2.C6H9NS.C5H9N3.C5H7NS.6CO2/c2*1-8-7-9-5-3-4-6-10(9)11(8)2;1-10-4-9-5-2-3-8-7(11)6(5)10;1-10-5-9-6-3-2-4-8-7(6)10;1-4-7-5-6(2)9(3)8-7;1-4-6(7)5(2)9(3)8-4;1-5-4-6(2)8(3)7-5;1-4-5(2)8-6(3)7-4;1-4-6-5(2)8(3)7-4;1-4-3-7-5(2)6-4;6*2-1-3/h2*3-6H,1,7H2,2H3;3-4H,2H2,1H3;2-5H,1H3;5H,4H2,1-3H3;1-3H3;4H,1-3H3;2*1-3H3;3H,1-2H3;;;;;;. The number of hydrogen-bond acceptors (Lipinski definition) is 27. The molecule has 14 rings (SSSR count). The van der Waals surface area contributed by atoms with Crippen molar-refractivity contribution in [2.45, 2.75) is 116 Å². The monoisotopic (exact) mass is 1610 g/mol. The zero-order valence-corrected chi connectivity index (χ0v) is 68.8. The number of anilines is 2. The molecule has 0 saturated carbocycles. The van der Waals surface area contributed by atoms with Crippen LogP contribution in [-0.4, -0.2) is 141 Å². The largest absolute Gasteiger partial charge is 0.373 e. The van der Waals surface area contributed by atoms with Gasteiger partial charge in [0.2, 0.25) is 0 Å². The molecular formula is C75H92BrN19O13S2. The van der Waals surface area contributed by atoms with Gasteiger partial charge in [-0.3, -0.25) is 23.5 Å². The number of benzene rings is 2. The first kappa shape index (κ1) is 99.5. The van der Waals surface area contributed by atoms with E-state index in [1.807, 2.05) is 135 Å². The fraction of sp³-hybridized carbons (Fsp3) is 0.333. The lowest BCUT2D eigenvalue weighted by Crippen LogP contribution is -2.11. The van der Waals surface area contributed by atoms with Gasteiger partial charge in [-0.1, -0.05) is 56.5 Å². The molecule has 584 valence electrons. The summed E-state index contributed by atoms with van der Waals surface area (Å²) in [5, 5.41) is 20.9. The topological polar surface area (TPSA) is 399 Å². The van der Waals surface area contributed by atoms with Crippen LogP contribution in [0.3, 0.4) is 0 Å². The van der Waals surface area contributed by atoms with Gasteiger partial charge in [0.05, 0.1) is 55.6 Å². The molecule has 1 amide bonds. The number of fused-ring (bicyclic) bond motifs is 4. The van der Waals surface area contributed by atoms with Crippen LogP contribution in [0.4, 0.5) is 11.4 Å². The molecule has 12 heterocycles. The third-order valence-electron chi connectivity index (χ3n) is 14.8. The molecular weight excluding hydrogens is 1520 g/mol. The van der Waals surface area contributed by atoms with Gasteiger partial charge < -0.3 is 18.9 Å². The van der Waals surface area contributed by atoms with Gasteiger partial charge in [0.15, 0.2) is 5.65 Å². The molecule has 0 unspecified atom stereocenters. The maximum absolute atomic E-state index is 11.1. The average molecular weight is 1610 g/mol. The lowest BCUT2D eigenvalue weighted by Gasteiger charge is -2.12. The number of aliphatic imine (C=N–C) groups is 1. The molecule has 0 radical (unpaired) electrons. The molecule has 0 aliphatic carbocycles. The van der Waals surface area contributed by atoms with Crippen molar-refractivity contribution in [1.29, 1.82) is 0 Å². The molecule has 110 heavy (non-hydrogen) atoms. The second kappa shape index (κ2) is 55.0. The van der Waals surface area contributed by atoms with Crippen LogP contribution >= 0.6 is 38.6 Å². The summed E-state index contributed by atoms with van der Waals surface area (Å²) in [6.45, 7) is 34.2. The van der Waals surface area contributed by atoms with E-state index >= 15 is 0 Å². The number of para-hydroxylation sites is 2. The first-order chi connectivity index (χ1) is 52.0. The zero-order valence-electron chi connectivity index (χ0n) is 65.6. The zero-order chi connectivity index (χ0) is 84.3. The van der Waals surface area contributed by atoms with Gasteiger partial charge in [0, 0.05) is 144 Å². The SMILES string of the molecule is C=C1Cc2ccccc2N1C.C=C1Cc2ccccc2N1C.CCc1cc(C)n(C)n1.Cc1cc(C)n(C)n1.Cc1csc(C)n1.Cc1nc(C)c(C)s1.Cc1nc(C)n(C)n1.Cc1nn(C)c(C)c1Br.Cn1cnc2c1C(=O)N=CC2.Cn1cnc2cccnc21.O=C=O.O=C=O.O=C=O.O=C=O.O=C=O.O=C=O. The Bertz CT molecular complexity index is 4520. The molecule has 3 aliphatic rings. The highest BCUT2D eigenvalue weighted by molar-refractivity contribution is 9.10. The van der Waals surface area contributed by atoms with Crippen molar-refractivity contribution in [3.8, 4) is 0 Å². The lowest BCUT2D eigenvalue weighted by molar-refractivity contribution is -0.193. The minimum absolute atomic E-state index is 0.189. The Morgan fingerprint density at radius 1 is 0.518 bits per heavy atom. The van der Waals surface area contributed by atoms with Crippen molar-refractivity contribution in [2.75, 3.05) is 23.9 Å². The number of rotatable bonds is 1. The number of hydrogen-bond donors (Lipinski definition) is 0. The highest BCUT2D eigenvalue weighted by Gasteiger charge is 2.20. The van der Waals surface area contributed by atoms with E-state index in [4.69, 9.17) is 57.5 Å². The number of imidazole rings is 2. The second-order valence-corrected chi connectivity index (χ2v) is 25.9. The van der Waals surface area contributed by atoms with E-state index in [-0.39, 0.29) is 42.8 Å². The number of aryl methyl sites for hydroxylation is 18. The molecule has 0 spiro atoms. The number of amides is 1. The molecule has 9 aromatic heterocycles. The molecule has 0 bridgehead atoms. The molecule has 35 heteroatoms. The van der Waals surface area contributed by atoms with Gasteiger partial charge in [-0.05, 0) is 153 Å². The Balaban J connectivity index is 0. The van der Waals surface area contributed by atoms with Crippen LogP contribution < -0.4 is 9.80 Å². The number of pyridine rings is 1. The molecule has 11 aromatic rings. The van der Waals surface area contributed by atoms with Crippen molar-refractivity contribution >= 4 is 110 Å². The normalized spacial score (nSPS) is 10.4. The predicted molar refractivity (Wildman–Crippen MR) is 412 cm³/mol. The molecule has 0 fully saturated rings. The summed E-state index contributed by atoms with van der Waals surface area (Å²) in [4.78, 5) is 143. The van der Waals surface area contributed by atoms with E-state index in [0.29, 0.717) is 12.1 Å². The van der Waals surface area contributed by atoms with Gasteiger partial charge in [-0.15, -0.1) is 22.7 Å². The third-order valence-corrected chi connectivity index (χ3v) is 17.8.